The van der Waals surface area contributed by atoms with E-state index in [1.165, 1.54) is 0 Å². The predicted octanol–water partition coefficient (Wildman–Crippen LogP) is 0.130. The highest BCUT2D eigenvalue weighted by Crippen LogP contribution is 2.10. The molecule has 0 aromatic rings. The van der Waals surface area contributed by atoms with Gasteiger partial charge in [-0.05, 0) is 19.3 Å². The second-order valence-electron chi connectivity index (χ2n) is 5.14. The molecule has 2 N–H and O–H groups in total. The van der Waals surface area contributed by atoms with Crippen LogP contribution in [0.3, 0.4) is 0 Å². The summed E-state index contributed by atoms with van der Waals surface area (Å²) in [6.07, 6.45) is 3.15. The number of nitrogens with zero attached hydrogens (tertiary/aromatic N) is 1. The Bertz CT molecular complexity index is 302. The van der Waals surface area contributed by atoms with E-state index >= 15 is 0 Å². The molecular weight excluding hydrogens is 258 g/mol. The van der Waals surface area contributed by atoms with Gasteiger partial charge in [0.05, 0.1) is 13.2 Å². The van der Waals surface area contributed by atoms with Crippen LogP contribution in [0.4, 0.5) is 0 Å². The summed E-state index contributed by atoms with van der Waals surface area (Å²) in [6.45, 7) is 5.10. The van der Waals surface area contributed by atoms with Gasteiger partial charge in [-0.2, -0.15) is 0 Å². The molecule has 6 heteroatoms. The van der Waals surface area contributed by atoms with Crippen molar-refractivity contribution in [3.63, 3.8) is 0 Å². The molecule has 0 spiro atoms. The van der Waals surface area contributed by atoms with E-state index in [0.717, 1.165) is 32.4 Å². The Hall–Kier alpha value is -1.14. The number of hydrogen-bond acceptors (Lipinski definition) is 4. The van der Waals surface area contributed by atoms with E-state index in [1.54, 1.807) is 7.11 Å². The van der Waals surface area contributed by atoms with Gasteiger partial charge in [-0.1, -0.05) is 6.92 Å². The van der Waals surface area contributed by atoms with Gasteiger partial charge < -0.3 is 20.3 Å². The highest BCUT2D eigenvalue weighted by Gasteiger charge is 2.23. The number of rotatable bonds is 8. The van der Waals surface area contributed by atoms with Crippen molar-refractivity contribution in [1.82, 2.24) is 15.5 Å². The van der Waals surface area contributed by atoms with Crippen LogP contribution < -0.4 is 10.6 Å². The van der Waals surface area contributed by atoms with Gasteiger partial charge in [0.15, 0.2) is 0 Å². The number of ether oxygens (including phenoxy) is 1. The Kier molecular flexibility index (Phi) is 8.22. The van der Waals surface area contributed by atoms with Crippen LogP contribution in [0, 0.1) is 0 Å². The molecule has 20 heavy (non-hydrogen) atoms. The standard InChI is InChI=1S/C14H27N3O3/c1-3-4-13(18)16-12-5-8-17(9-6-12)14(19)11-15-7-10-20-2/h12,15H,3-11H2,1-2H3,(H,16,18). The molecule has 1 saturated heterocycles. The summed E-state index contributed by atoms with van der Waals surface area (Å²) >= 11 is 0. The third kappa shape index (κ3) is 6.34. The van der Waals surface area contributed by atoms with Crippen LogP contribution in [0.2, 0.25) is 0 Å². The zero-order chi connectivity index (χ0) is 14.8. The first-order valence-corrected chi connectivity index (χ1v) is 7.44. The fourth-order valence-electron chi connectivity index (χ4n) is 2.28. The summed E-state index contributed by atoms with van der Waals surface area (Å²) in [5, 5.41) is 6.09. The minimum atomic E-state index is 0.124. The predicted molar refractivity (Wildman–Crippen MR) is 77.4 cm³/mol. The Balaban J connectivity index is 2.17. The monoisotopic (exact) mass is 285 g/mol. The van der Waals surface area contributed by atoms with E-state index in [-0.39, 0.29) is 17.9 Å². The maximum Gasteiger partial charge on any atom is 0.236 e. The zero-order valence-corrected chi connectivity index (χ0v) is 12.6. The maximum absolute atomic E-state index is 11.9. The molecule has 1 aliphatic rings. The Morgan fingerprint density at radius 2 is 2.00 bits per heavy atom. The molecule has 0 aromatic heterocycles. The summed E-state index contributed by atoms with van der Waals surface area (Å²) in [5.74, 6) is 0.248. The molecule has 0 unspecified atom stereocenters. The normalized spacial score (nSPS) is 16.2. The van der Waals surface area contributed by atoms with E-state index in [4.69, 9.17) is 4.74 Å². The molecule has 2 amide bonds. The molecule has 0 aliphatic carbocycles. The molecule has 1 aliphatic heterocycles. The van der Waals surface area contributed by atoms with Crippen LogP contribution in [0.1, 0.15) is 32.6 Å². The third-order valence-corrected chi connectivity index (χ3v) is 3.45. The lowest BCUT2D eigenvalue weighted by Gasteiger charge is -2.32. The fourth-order valence-corrected chi connectivity index (χ4v) is 2.28. The van der Waals surface area contributed by atoms with Crippen molar-refractivity contribution >= 4 is 11.8 Å². The number of likely N-dealkylation sites (tertiary alicyclic amines) is 1. The van der Waals surface area contributed by atoms with Crippen LogP contribution in [-0.4, -0.2) is 62.7 Å². The molecule has 1 fully saturated rings. The minimum absolute atomic E-state index is 0.124. The van der Waals surface area contributed by atoms with Gasteiger partial charge in [0, 0.05) is 39.2 Å². The molecule has 1 heterocycles. The number of amides is 2. The summed E-state index contributed by atoms with van der Waals surface area (Å²) in [6, 6.07) is 0.222. The first-order chi connectivity index (χ1) is 9.67. The molecule has 116 valence electrons. The number of carbonyl (C=O) groups is 2. The molecule has 1 rings (SSSR count). The lowest BCUT2D eigenvalue weighted by atomic mass is 10.0. The molecule has 0 aromatic carbocycles. The van der Waals surface area contributed by atoms with Crippen LogP contribution in [0.25, 0.3) is 0 Å². The van der Waals surface area contributed by atoms with E-state index in [9.17, 15) is 9.59 Å². The Morgan fingerprint density at radius 1 is 1.30 bits per heavy atom. The fraction of sp³-hybridized carbons (Fsp3) is 0.857. The SMILES string of the molecule is CCCC(=O)NC1CCN(C(=O)CNCCOC)CC1. The Labute approximate surface area is 121 Å². The van der Waals surface area contributed by atoms with E-state index in [1.807, 2.05) is 11.8 Å². The molecule has 0 atom stereocenters. The molecule has 6 nitrogen and oxygen atoms in total. The molecule has 0 saturated carbocycles. The molecular formula is C14H27N3O3. The van der Waals surface area contributed by atoms with Gasteiger partial charge in [0.25, 0.3) is 0 Å². The number of carbonyl (C=O) groups excluding carboxylic acids is 2. The van der Waals surface area contributed by atoms with Gasteiger partial charge in [0.2, 0.25) is 11.8 Å². The van der Waals surface area contributed by atoms with Gasteiger partial charge >= 0.3 is 0 Å². The first-order valence-electron chi connectivity index (χ1n) is 7.44. The van der Waals surface area contributed by atoms with Crippen LogP contribution >= 0.6 is 0 Å². The second kappa shape index (κ2) is 9.72. The number of piperidine rings is 1. The average molecular weight is 285 g/mol. The minimum Gasteiger partial charge on any atom is -0.383 e. The van der Waals surface area contributed by atoms with Crippen molar-refractivity contribution in [2.75, 3.05) is 39.9 Å². The first kappa shape index (κ1) is 16.9. The summed E-state index contributed by atoms with van der Waals surface area (Å²) in [5.41, 5.74) is 0. The van der Waals surface area contributed by atoms with Gasteiger partial charge in [0.1, 0.15) is 0 Å². The van der Waals surface area contributed by atoms with Crippen LogP contribution in [0.5, 0.6) is 0 Å². The molecule has 0 radical (unpaired) electrons. The summed E-state index contributed by atoms with van der Waals surface area (Å²) in [4.78, 5) is 25.3. The quantitative estimate of drug-likeness (QED) is 0.622. The van der Waals surface area contributed by atoms with Gasteiger partial charge in [-0.3, -0.25) is 9.59 Å². The summed E-state index contributed by atoms with van der Waals surface area (Å²) in [7, 11) is 1.64. The Morgan fingerprint density at radius 3 is 2.60 bits per heavy atom. The largest absolute Gasteiger partial charge is 0.383 e. The molecule has 0 bridgehead atoms. The van der Waals surface area contributed by atoms with Crippen molar-refractivity contribution < 1.29 is 14.3 Å². The zero-order valence-electron chi connectivity index (χ0n) is 12.6. The average Bonchev–Trinajstić information content (AvgIpc) is 2.44. The number of nitrogens with one attached hydrogen (secondary N) is 2. The smallest absolute Gasteiger partial charge is 0.236 e. The lowest BCUT2D eigenvalue weighted by molar-refractivity contribution is -0.131. The van der Waals surface area contributed by atoms with Crippen LogP contribution in [-0.2, 0) is 14.3 Å². The highest BCUT2D eigenvalue weighted by atomic mass is 16.5. The maximum atomic E-state index is 11.9. The third-order valence-electron chi connectivity index (χ3n) is 3.45. The van der Waals surface area contributed by atoms with Crippen molar-refractivity contribution in [1.29, 1.82) is 0 Å². The van der Waals surface area contributed by atoms with Gasteiger partial charge in [-0.25, -0.2) is 0 Å². The van der Waals surface area contributed by atoms with E-state index in [0.29, 0.717) is 26.1 Å². The van der Waals surface area contributed by atoms with E-state index in [2.05, 4.69) is 10.6 Å². The number of hydrogen-bond donors (Lipinski definition) is 2. The summed E-state index contributed by atoms with van der Waals surface area (Å²) < 4.78 is 4.91. The topological polar surface area (TPSA) is 70.7 Å². The van der Waals surface area contributed by atoms with E-state index < -0.39 is 0 Å². The second-order valence-corrected chi connectivity index (χ2v) is 5.14. The van der Waals surface area contributed by atoms with Crippen molar-refractivity contribution in [3.8, 4) is 0 Å². The van der Waals surface area contributed by atoms with Gasteiger partial charge in [-0.15, -0.1) is 0 Å². The van der Waals surface area contributed by atoms with Crippen LogP contribution in [0.15, 0.2) is 0 Å². The van der Waals surface area contributed by atoms with Crippen molar-refractivity contribution in [2.45, 2.75) is 38.6 Å². The number of methoxy groups -OCH3 is 1. The lowest BCUT2D eigenvalue weighted by Crippen LogP contribution is -2.48. The highest BCUT2D eigenvalue weighted by molar-refractivity contribution is 5.78. The van der Waals surface area contributed by atoms with Crippen molar-refractivity contribution in [2.24, 2.45) is 0 Å². The van der Waals surface area contributed by atoms with Crippen molar-refractivity contribution in [3.05, 3.63) is 0 Å².